The first-order chi connectivity index (χ1) is 13.9. The van der Waals surface area contributed by atoms with Crippen LogP contribution in [0.1, 0.15) is 36.8 Å². The number of anilines is 1. The van der Waals surface area contributed by atoms with Gasteiger partial charge in [0.1, 0.15) is 22.6 Å². The second-order valence-corrected chi connectivity index (χ2v) is 7.09. The number of fused-ring (bicyclic) bond motifs is 1. The van der Waals surface area contributed by atoms with E-state index in [1.807, 2.05) is 32.2 Å². The predicted octanol–water partition coefficient (Wildman–Crippen LogP) is 3.61. The van der Waals surface area contributed by atoms with Crippen molar-refractivity contribution in [3.05, 3.63) is 40.3 Å². The summed E-state index contributed by atoms with van der Waals surface area (Å²) in [5, 5.41) is 17.3. The fourth-order valence-electron chi connectivity index (χ4n) is 3.16. The van der Waals surface area contributed by atoms with Crippen molar-refractivity contribution in [3.63, 3.8) is 0 Å². The summed E-state index contributed by atoms with van der Waals surface area (Å²) in [6.45, 7) is 2.54. The van der Waals surface area contributed by atoms with Gasteiger partial charge in [-0.2, -0.15) is 5.10 Å². The van der Waals surface area contributed by atoms with Crippen LogP contribution in [0.25, 0.3) is 11.0 Å². The van der Waals surface area contributed by atoms with Gasteiger partial charge in [-0.25, -0.2) is 9.97 Å². The topological polar surface area (TPSA) is 102 Å². The van der Waals surface area contributed by atoms with Crippen molar-refractivity contribution in [2.24, 2.45) is 7.05 Å². The SMILES string of the molecule is CCc1nn(C)c2c(NCc3ccc(OC)c(Cl)c3)nc(CCCC(=O)O)nc12. The highest BCUT2D eigenvalue weighted by atomic mass is 35.5. The third kappa shape index (κ3) is 4.76. The Morgan fingerprint density at radius 1 is 1.34 bits per heavy atom. The summed E-state index contributed by atoms with van der Waals surface area (Å²) in [5.41, 5.74) is 3.49. The molecule has 0 amide bonds. The standard InChI is InChI=1S/C20H24ClN5O3/c1-4-14-18-19(26(2)25-14)20(24-16(23-18)6-5-7-17(27)28)22-11-12-8-9-15(29-3)13(21)10-12/h8-10H,4-7,11H2,1-3H3,(H,27,28)(H,22,23,24). The molecule has 0 unspecified atom stereocenters. The van der Waals surface area contributed by atoms with E-state index in [9.17, 15) is 4.79 Å². The largest absolute Gasteiger partial charge is 0.495 e. The summed E-state index contributed by atoms with van der Waals surface area (Å²) in [6, 6.07) is 5.61. The van der Waals surface area contributed by atoms with Gasteiger partial charge in [-0.3, -0.25) is 9.48 Å². The number of methoxy groups -OCH3 is 1. The number of carboxylic acids is 1. The number of aryl methyl sites for hydroxylation is 3. The molecule has 2 aromatic heterocycles. The molecule has 0 atom stereocenters. The Labute approximate surface area is 173 Å². The molecular formula is C20H24ClN5O3. The quantitative estimate of drug-likeness (QED) is 0.548. The zero-order chi connectivity index (χ0) is 21.0. The zero-order valence-electron chi connectivity index (χ0n) is 16.7. The smallest absolute Gasteiger partial charge is 0.303 e. The highest BCUT2D eigenvalue weighted by molar-refractivity contribution is 6.32. The first-order valence-corrected chi connectivity index (χ1v) is 9.81. The van der Waals surface area contributed by atoms with Gasteiger partial charge in [-0.05, 0) is 30.5 Å². The minimum absolute atomic E-state index is 0.0855. The van der Waals surface area contributed by atoms with Crippen LogP contribution in [-0.2, 0) is 31.2 Å². The minimum Gasteiger partial charge on any atom is -0.495 e. The first-order valence-electron chi connectivity index (χ1n) is 9.43. The van der Waals surface area contributed by atoms with Crippen LogP contribution in [0.3, 0.4) is 0 Å². The number of nitrogens with zero attached hydrogens (tertiary/aromatic N) is 4. The number of aromatic nitrogens is 4. The normalized spacial score (nSPS) is 11.0. The van der Waals surface area contributed by atoms with Crippen molar-refractivity contribution in [2.75, 3.05) is 12.4 Å². The van der Waals surface area contributed by atoms with Crippen LogP contribution in [0, 0.1) is 0 Å². The van der Waals surface area contributed by atoms with Gasteiger partial charge in [0.2, 0.25) is 0 Å². The van der Waals surface area contributed by atoms with E-state index in [-0.39, 0.29) is 6.42 Å². The first kappa shape index (κ1) is 20.9. The zero-order valence-corrected chi connectivity index (χ0v) is 17.5. The van der Waals surface area contributed by atoms with E-state index in [4.69, 9.17) is 21.4 Å². The lowest BCUT2D eigenvalue weighted by Gasteiger charge is -2.11. The van der Waals surface area contributed by atoms with Crippen molar-refractivity contribution in [2.45, 2.75) is 39.2 Å². The minimum atomic E-state index is -0.823. The van der Waals surface area contributed by atoms with E-state index in [1.54, 1.807) is 11.8 Å². The molecule has 0 fully saturated rings. The fourth-order valence-corrected chi connectivity index (χ4v) is 3.44. The number of aliphatic carboxylic acids is 1. The van der Waals surface area contributed by atoms with Gasteiger partial charge in [-0.15, -0.1) is 0 Å². The number of halogens is 1. The maximum absolute atomic E-state index is 10.8. The molecule has 29 heavy (non-hydrogen) atoms. The Balaban J connectivity index is 1.90. The van der Waals surface area contributed by atoms with Crippen LogP contribution in [0.2, 0.25) is 5.02 Å². The molecule has 154 valence electrons. The van der Waals surface area contributed by atoms with E-state index >= 15 is 0 Å². The summed E-state index contributed by atoms with van der Waals surface area (Å²) in [6.07, 6.45) is 1.80. The highest BCUT2D eigenvalue weighted by Crippen LogP contribution is 2.27. The number of nitrogens with one attached hydrogen (secondary N) is 1. The van der Waals surface area contributed by atoms with Crippen molar-refractivity contribution in [3.8, 4) is 5.75 Å². The second kappa shape index (κ2) is 9.09. The number of hydrogen-bond donors (Lipinski definition) is 2. The predicted molar refractivity (Wildman–Crippen MR) is 112 cm³/mol. The molecule has 0 saturated carbocycles. The van der Waals surface area contributed by atoms with Crippen LogP contribution in [-0.4, -0.2) is 37.9 Å². The van der Waals surface area contributed by atoms with E-state index < -0.39 is 5.97 Å². The van der Waals surface area contributed by atoms with Crippen molar-refractivity contribution < 1.29 is 14.6 Å². The molecule has 0 aliphatic heterocycles. The van der Waals surface area contributed by atoms with E-state index in [1.165, 1.54) is 0 Å². The molecular weight excluding hydrogens is 394 g/mol. The molecule has 2 heterocycles. The molecule has 9 heteroatoms. The second-order valence-electron chi connectivity index (χ2n) is 6.68. The lowest BCUT2D eigenvalue weighted by molar-refractivity contribution is -0.137. The number of ether oxygens (including phenoxy) is 1. The van der Waals surface area contributed by atoms with Crippen molar-refractivity contribution in [1.29, 1.82) is 0 Å². The summed E-state index contributed by atoms with van der Waals surface area (Å²) in [7, 11) is 3.45. The lowest BCUT2D eigenvalue weighted by Crippen LogP contribution is -2.08. The molecule has 1 aromatic carbocycles. The summed E-state index contributed by atoms with van der Waals surface area (Å²) in [5.74, 6) is 1.08. The van der Waals surface area contributed by atoms with Crippen molar-refractivity contribution in [1.82, 2.24) is 19.7 Å². The summed E-state index contributed by atoms with van der Waals surface area (Å²) in [4.78, 5) is 20.1. The molecule has 0 radical (unpaired) electrons. The summed E-state index contributed by atoms with van der Waals surface area (Å²) >= 11 is 6.22. The molecule has 8 nitrogen and oxygen atoms in total. The molecule has 2 N–H and O–H groups in total. The third-order valence-electron chi connectivity index (χ3n) is 4.60. The van der Waals surface area contributed by atoms with E-state index in [0.717, 1.165) is 28.7 Å². The monoisotopic (exact) mass is 417 g/mol. The maximum Gasteiger partial charge on any atom is 0.303 e. The number of rotatable bonds is 9. The van der Waals surface area contributed by atoms with Gasteiger partial charge in [0, 0.05) is 26.4 Å². The Morgan fingerprint density at radius 3 is 2.79 bits per heavy atom. The maximum atomic E-state index is 10.8. The lowest BCUT2D eigenvalue weighted by atomic mass is 10.2. The Morgan fingerprint density at radius 2 is 2.14 bits per heavy atom. The molecule has 3 rings (SSSR count). The van der Waals surface area contributed by atoms with Gasteiger partial charge >= 0.3 is 5.97 Å². The molecule has 3 aromatic rings. The average Bonchev–Trinajstić information content (AvgIpc) is 3.02. The van der Waals surface area contributed by atoms with Gasteiger partial charge in [-0.1, -0.05) is 24.6 Å². The van der Waals surface area contributed by atoms with E-state index in [0.29, 0.717) is 41.8 Å². The van der Waals surface area contributed by atoms with Gasteiger partial charge in [0.15, 0.2) is 5.82 Å². The molecule has 0 spiro atoms. The Hall–Kier alpha value is -2.87. The van der Waals surface area contributed by atoms with Crippen LogP contribution >= 0.6 is 11.6 Å². The van der Waals surface area contributed by atoms with E-state index in [2.05, 4.69) is 20.4 Å². The molecule has 0 aliphatic carbocycles. The van der Waals surface area contributed by atoms with Crippen LogP contribution < -0.4 is 10.1 Å². The van der Waals surface area contributed by atoms with Crippen molar-refractivity contribution >= 4 is 34.4 Å². The number of carbonyl (C=O) groups is 1. The number of benzene rings is 1. The highest BCUT2D eigenvalue weighted by Gasteiger charge is 2.16. The van der Waals surface area contributed by atoms with Crippen LogP contribution in [0.4, 0.5) is 5.82 Å². The molecule has 0 bridgehead atoms. The molecule has 0 saturated heterocycles. The Kier molecular flexibility index (Phi) is 6.53. The summed E-state index contributed by atoms with van der Waals surface area (Å²) < 4.78 is 6.97. The third-order valence-corrected chi connectivity index (χ3v) is 4.90. The Bertz CT molecular complexity index is 1030. The van der Waals surface area contributed by atoms with Crippen LogP contribution in [0.15, 0.2) is 18.2 Å². The van der Waals surface area contributed by atoms with Gasteiger partial charge < -0.3 is 15.2 Å². The number of carboxylic acid groups (broad SMARTS) is 1. The average molecular weight is 418 g/mol. The molecule has 0 aliphatic rings. The van der Waals surface area contributed by atoms with Crippen LogP contribution in [0.5, 0.6) is 5.75 Å². The number of hydrogen-bond acceptors (Lipinski definition) is 6. The fraction of sp³-hybridized carbons (Fsp3) is 0.400. The van der Waals surface area contributed by atoms with Gasteiger partial charge in [0.05, 0.1) is 17.8 Å². The van der Waals surface area contributed by atoms with Gasteiger partial charge in [0.25, 0.3) is 0 Å².